The lowest BCUT2D eigenvalue weighted by atomic mass is 10.2. The fourth-order valence-corrected chi connectivity index (χ4v) is 2.81. The molecule has 1 aromatic carbocycles. The summed E-state index contributed by atoms with van der Waals surface area (Å²) in [7, 11) is 0. The first-order valence-electron chi connectivity index (χ1n) is 5.87. The van der Waals surface area contributed by atoms with Crippen molar-refractivity contribution in [3.63, 3.8) is 0 Å². The SMILES string of the molecule is Fc1ccc(CSc2nnc3n2CCCN3)cc1. The normalized spacial score (nSPS) is 14.1. The van der Waals surface area contributed by atoms with E-state index in [0.717, 1.165) is 41.9 Å². The Morgan fingerprint density at radius 2 is 2.11 bits per heavy atom. The lowest BCUT2D eigenvalue weighted by Gasteiger charge is -2.15. The Morgan fingerprint density at radius 3 is 2.94 bits per heavy atom. The summed E-state index contributed by atoms with van der Waals surface area (Å²) in [6, 6.07) is 6.57. The van der Waals surface area contributed by atoms with Crippen LogP contribution in [-0.4, -0.2) is 21.3 Å². The van der Waals surface area contributed by atoms with Gasteiger partial charge in [-0.25, -0.2) is 4.39 Å². The highest BCUT2D eigenvalue weighted by Gasteiger charge is 2.15. The number of fused-ring (bicyclic) bond motifs is 1. The number of hydrogen-bond donors (Lipinski definition) is 1. The second kappa shape index (κ2) is 4.97. The molecule has 18 heavy (non-hydrogen) atoms. The van der Waals surface area contributed by atoms with Crippen LogP contribution in [0.5, 0.6) is 0 Å². The second-order valence-electron chi connectivity index (χ2n) is 4.15. The first kappa shape index (κ1) is 11.5. The number of hydrogen-bond acceptors (Lipinski definition) is 4. The Kier molecular flexibility index (Phi) is 3.19. The second-order valence-corrected chi connectivity index (χ2v) is 5.10. The Hall–Kier alpha value is -1.56. The molecule has 3 rings (SSSR count). The van der Waals surface area contributed by atoms with Crippen LogP contribution < -0.4 is 5.32 Å². The highest BCUT2D eigenvalue weighted by Crippen LogP contribution is 2.25. The van der Waals surface area contributed by atoms with E-state index >= 15 is 0 Å². The molecule has 94 valence electrons. The highest BCUT2D eigenvalue weighted by atomic mass is 32.2. The van der Waals surface area contributed by atoms with Gasteiger partial charge in [-0.05, 0) is 24.1 Å². The van der Waals surface area contributed by atoms with Crippen LogP contribution in [0.25, 0.3) is 0 Å². The average molecular weight is 264 g/mol. The van der Waals surface area contributed by atoms with Crippen molar-refractivity contribution in [2.45, 2.75) is 23.9 Å². The first-order chi connectivity index (χ1) is 8.83. The van der Waals surface area contributed by atoms with Gasteiger partial charge in [0.2, 0.25) is 5.95 Å². The molecule has 1 aliphatic rings. The van der Waals surface area contributed by atoms with Crippen LogP contribution in [0.15, 0.2) is 29.4 Å². The fourth-order valence-electron chi connectivity index (χ4n) is 1.89. The quantitative estimate of drug-likeness (QED) is 0.865. The van der Waals surface area contributed by atoms with Gasteiger partial charge < -0.3 is 5.32 Å². The lowest BCUT2D eigenvalue weighted by molar-refractivity contribution is 0.583. The van der Waals surface area contributed by atoms with E-state index < -0.39 is 0 Å². The molecule has 2 heterocycles. The standard InChI is InChI=1S/C12H13FN4S/c13-10-4-2-9(3-5-10)8-18-12-16-15-11-14-6-1-7-17(11)12/h2-5H,1,6-8H2,(H,14,15). The molecule has 1 N–H and O–H groups in total. The molecule has 2 aromatic rings. The average Bonchev–Trinajstić information content (AvgIpc) is 2.82. The smallest absolute Gasteiger partial charge is 0.225 e. The van der Waals surface area contributed by atoms with Crippen LogP contribution in [0.1, 0.15) is 12.0 Å². The molecule has 0 bridgehead atoms. The van der Waals surface area contributed by atoms with Gasteiger partial charge in [0, 0.05) is 18.8 Å². The maximum absolute atomic E-state index is 12.8. The molecule has 0 spiro atoms. The zero-order chi connectivity index (χ0) is 12.4. The number of nitrogens with one attached hydrogen (secondary N) is 1. The minimum atomic E-state index is -0.201. The Balaban J connectivity index is 1.70. The molecular formula is C12H13FN4S. The number of halogens is 1. The van der Waals surface area contributed by atoms with E-state index in [2.05, 4.69) is 20.1 Å². The number of thioether (sulfide) groups is 1. The number of anilines is 1. The van der Waals surface area contributed by atoms with Gasteiger partial charge in [-0.15, -0.1) is 10.2 Å². The largest absolute Gasteiger partial charge is 0.354 e. The van der Waals surface area contributed by atoms with Crippen molar-refractivity contribution in [2.24, 2.45) is 0 Å². The van der Waals surface area contributed by atoms with Crippen LogP contribution in [0, 0.1) is 5.82 Å². The van der Waals surface area contributed by atoms with Crippen LogP contribution in [0.4, 0.5) is 10.3 Å². The molecule has 0 radical (unpaired) electrons. The minimum absolute atomic E-state index is 0.201. The molecule has 0 aliphatic carbocycles. The van der Waals surface area contributed by atoms with E-state index in [0.29, 0.717) is 0 Å². The molecule has 0 unspecified atom stereocenters. The third-order valence-electron chi connectivity index (χ3n) is 2.84. The summed E-state index contributed by atoms with van der Waals surface area (Å²) in [6.45, 7) is 1.92. The van der Waals surface area contributed by atoms with Gasteiger partial charge in [0.25, 0.3) is 0 Å². The van der Waals surface area contributed by atoms with Crippen molar-refractivity contribution in [1.82, 2.24) is 14.8 Å². The Labute approximate surface area is 109 Å². The van der Waals surface area contributed by atoms with E-state index in [1.165, 1.54) is 12.1 Å². The summed E-state index contributed by atoms with van der Waals surface area (Å²) in [6.07, 6.45) is 1.09. The van der Waals surface area contributed by atoms with Gasteiger partial charge in [-0.1, -0.05) is 23.9 Å². The van der Waals surface area contributed by atoms with E-state index in [4.69, 9.17) is 0 Å². The molecule has 0 amide bonds. The lowest BCUT2D eigenvalue weighted by Crippen LogP contribution is -2.17. The van der Waals surface area contributed by atoms with Gasteiger partial charge in [0.15, 0.2) is 5.16 Å². The molecule has 0 saturated carbocycles. The van der Waals surface area contributed by atoms with Gasteiger partial charge >= 0.3 is 0 Å². The van der Waals surface area contributed by atoms with E-state index in [9.17, 15) is 4.39 Å². The maximum Gasteiger partial charge on any atom is 0.225 e. The van der Waals surface area contributed by atoms with Crippen LogP contribution >= 0.6 is 11.8 Å². The number of rotatable bonds is 3. The van der Waals surface area contributed by atoms with Crippen LogP contribution in [-0.2, 0) is 12.3 Å². The van der Waals surface area contributed by atoms with E-state index in [1.54, 1.807) is 23.9 Å². The molecule has 6 heteroatoms. The van der Waals surface area contributed by atoms with Crippen molar-refractivity contribution >= 4 is 17.7 Å². The summed E-state index contributed by atoms with van der Waals surface area (Å²) in [5, 5.41) is 12.4. The molecule has 1 aliphatic heterocycles. The first-order valence-corrected chi connectivity index (χ1v) is 6.86. The minimum Gasteiger partial charge on any atom is -0.354 e. The van der Waals surface area contributed by atoms with Crippen molar-refractivity contribution < 1.29 is 4.39 Å². The zero-order valence-corrected chi connectivity index (χ0v) is 10.6. The molecule has 0 fully saturated rings. The summed E-state index contributed by atoms with van der Waals surface area (Å²) in [5.74, 6) is 1.42. The van der Waals surface area contributed by atoms with E-state index in [1.807, 2.05) is 0 Å². The molecule has 0 saturated heterocycles. The van der Waals surface area contributed by atoms with Crippen molar-refractivity contribution in [2.75, 3.05) is 11.9 Å². The van der Waals surface area contributed by atoms with Crippen molar-refractivity contribution in [1.29, 1.82) is 0 Å². The predicted octanol–water partition coefficient (Wildman–Crippen LogP) is 2.53. The van der Waals surface area contributed by atoms with Gasteiger partial charge in [-0.2, -0.15) is 0 Å². The molecule has 1 aromatic heterocycles. The number of nitrogens with zero attached hydrogens (tertiary/aromatic N) is 3. The molecular weight excluding hydrogens is 251 g/mol. The summed E-state index contributed by atoms with van der Waals surface area (Å²) >= 11 is 1.63. The van der Waals surface area contributed by atoms with Crippen LogP contribution in [0.3, 0.4) is 0 Å². The van der Waals surface area contributed by atoms with Crippen molar-refractivity contribution in [3.05, 3.63) is 35.6 Å². The monoisotopic (exact) mass is 264 g/mol. The number of benzene rings is 1. The van der Waals surface area contributed by atoms with Gasteiger partial charge in [0.1, 0.15) is 5.82 Å². The summed E-state index contributed by atoms with van der Waals surface area (Å²) < 4.78 is 14.9. The Morgan fingerprint density at radius 1 is 1.28 bits per heavy atom. The third kappa shape index (κ3) is 2.33. The predicted molar refractivity (Wildman–Crippen MR) is 69.1 cm³/mol. The Bertz CT molecular complexity index is 538. The topological polar surface area (TPSA) is 42.7 Å². The van der Waals surface area contributed by atoms with Gasteiger partial charge in [0.05, 0.1) is 0 Å². The van der Waals surface area contributed by atoms with Crippen LogP contribution in [0.2, 0.25) is 0 Å². The highest BCUT2D eigenvalue weighted by molar-refractivity contribution is 7.98. The maximum atomic E-state index is 12.8. The number of aromatic nitrogens is 3. The molecule has 0 atom stereocenters. The third-order valence-corrected chi connectivity index (χ3v) is 3.88. The summed E-state index contributed by atoms with van der Waals surface area (Å²) in [5.41, 5.74) is 1.09. The fraction of sp³-hybridized carbons (Fsp3) is 0.333. The van der Waals surface area contributed by atoms with Gasteiger partial charge in [-0.3, -0.25) is 4.57 Å². The summed E-state index contributed by atoms with van der Waals surface area (Å²) in [4.78, 5) is 0. The van der Waals surface area contributed by atoms with E-state index in [-0.39, 0.29) is 5.82 Å². The van der Waals surface area contributed by atoms with Crippen molar-refractivity contribution in [3.8, 4) is 0 Å². The molecule has 4 nitrogen and oxygen atoms in total. The zero-order valence-electron chi connectivity index (χ0n) is 9.77.